The molecule has 0 saturated carbocycles. The van der Waals surface area contributed by atoms with Crippen LogP contribution in [0.15, 0.2) is 72.9 Å². The monoisotopic (exact) mass is 546 g/mol. The summed E-state index contributed by atoms with van der Waals surface area (Å²) in [6, 6.07) is 18.6. The van der Waals surface area contributed by atoms with E-state index in [4.69, 9.17) is 14.2 Å². The lowest BCUT2D eigenvalue weighted by Crippen LogP contribution is -2.36. The Kier molecular flexibility index (Phi) is 9.84. The van der Waals surface area contributed by atoms with Crippen LogP contribution in [0.4, 0.5) is 10.1 Å². The SMILES string of the molecule is CCNCCOc1cc2nccc(Oc3ccc(NC(=O)C(=O)NCCc4ccccc4)cc3F)c2cc1OC. The summed E-state index contributed by atoms with van der Waals surface area (Å²) in [5.74, 6) is -1.10. The molecule has 208 valence electrons. The van der Waals surface area contributed by atoms with Crippen molar-refractivity contribution in [2.24, 2.45) is 0 Å². The summed E-state index contributed by atoms with van der Waals surface area (Å²) >= 11 is 0. The Morgan fingerprint density at radius 3 is 2.48 bits per heavy atom. The second kappa shape index (κ2) is 13.9. The summed E-state index contributed by atoms with van der Waals surface area (Å²) in [4.78, 5) is 28.8. The number of nitrogens with one attached hydrogen (secondary N) is 3. The molecule has 0 spiro atoms. The summed E-state index contributed by atoms with van der Waals surface area (Å²) < 4.78 is 32.1. The van der Waals surface area contributed by atoms with Crippen LogP contribution in [-0.4, -0.2) is 50.1 Å². The van der Waals surface area contributed by atoms with Crippen LogP contribution >= 0.6 is 0 Å². The Balaban J connectivity index is 1.40. The molecule has 4 rings (SSSR count). The van der Waals surface area contributed by atoms with Crippen LogP contribution in [-0.2, 0) is 16.0 Å². The van der Waals surface area contributed by atoms with Gasteiger partial charge < -0.3 is 30.2 Å². The van der Waals surface area contributed by atoms with Gasteiger partial charge in [0.2, 0.25) is 0 Å². The van der Waals surface area contributed by atoms with Crippen molar-refractivity contribution in [1.82, 2.24) is 15.6 Å². The molecule has 2 amide bonds. The third kappa shape index (κ3) is 7.45. The number of likely N-dealkylation sites (N-methyl/N-ethyl adjacent to an activating group) is 1. The number of halogens is 1. The Morgan fingerprint density at radius 1 is 0.900 bits per heavy atom. The highest BCUT2D eigenvalue weighted by Crippen LogP contribution is 2.37. The number of amides is 2. The summed E-state index contributed by atoms with van der Waals surface area (Å²) in [5, 5.41) is 8.75. The Bertz CT molecular complexity index is 1470. The van der Waals surface area contributed by atoms with E-state index in [0.717, 1.165) is 18.2 Å². The zero-order valence-electron chi connectivity index (χ0n) is 22.3. The van der Waals surface area contributed by atoms with Gasteiger partial charge in [0.15, 0.2) is 23.1 Å². The maximum absolute atomic E-state index is 14.9. The van der Waals surface area contributed by atoms with Crippen LogP contribution in [0.2, 0.25) is 0 Å². The average molecular weight is 547 g/mol. The molecule has 0 bridgehead atoms. The van der Waals surface area contributed by atoms with Gasteiger partial charge in [0.05, 0.1) is 12.6 Å². The van der Waals surface area contributed by atoms with Gasteiger partial charge in [-0.25, -0.2) is 4.39 Å². The van der Waals surface area contributed by atoms with E-state index < -0.39 is 17.6 Å². The second-order valence-electron chi connectivity index (χ2n) is 8.72. The van der Waals surface area contributed by atoms with E-state index in [9.17, 15) is 14.0 Å². The number of rotatable bonds is 12. The highest BCUT2D eigenvalue weighted by Gasteiger charge is 2.16. The smallest absolute Gasteiger partial charge is 0.313 e. The molecule has 1 heterocycles. The van der Waals surface area contributed by atoms with Gasteiger partial charge in [0, 0.05) is 42.5 Å². The number of hydrogen-bond acceptors (Lipinski definition) is 7. The zero-order chi connectivity index (χ0) is 28.3. The van der Waals surface area contributed by atoms with Crippen LogP contribution in [0.25, 0.3) is 10.9 Å². The lowest BCUT2D eigenvalue weighted by molar-refractivity contribution is -0.136. The van der Waals surface area contributed by atoms with Gasteiger partial charge in [0.1, 0.15) is 12.4 Å². The first kappa shape index (κ1) is 28.3. The predicted molar refractivity (Wildman–Crippen MR) is 151 cm³/mol. The molecule has 0 aliphatic rings. The van der Waals surface area contributed by atoms with E-state index in [1.807, 2.05) is 37.3 Å². The predicted octanol–water partition coefficient (Wildman–Crippen LogP) is 4.46. The van der Waals surface area contributed by atoms with Gasteiger partial charge in [0.25, 0.3) is 0 Å². The van der Waals surface area contributed by atoms with Crippen LogP contribution in [0.1, 0.15) is 12.5 Å². The van der Waals surface area contributed by atoms with Crippen molar-refractivity contribution in [3.63, 3.8) is 0 Å². The van der Waals surface area contributed by atoms with Crippen molar-refractivity contribution >= 4 is 28.4 Å². The highest BCUT2D eigenvalue weighted by molar-refractivity contribution is 6.39. The molecule has 0 fully saturated rings. The fourth-order valence-electron chi connectivity index (χ4n) is 3.91. The van der Waals surface area contributed by atoms with Crippen molar-refractivity contribution in [2.45, 2.75) is 13.3 Å². The van der Waals surface area contributed by atoms with E-state index in [1.54, 1.807) is 24.4 Å². The van der Waals surface area contributed by atoms with Gasteiger partial charge in [-0.3, -0.25) is 14.6 Å². The number of nitrogens with zero attached hydrogens (tertiary/aromatic N) is 1. The fourth-order valence-corrected chi connectivity index (χ4v) is 3.91. The third-order valence-electron chi connectivity index (χ3n) is 5.93. The molecule has 0 atom stereocenters. The number of carbonyl (C=O) groups is 2. The molecule has 0 unspecified atom stereocenters. The molecule has 0 aliphatic carbocycles. The van der Waals surface area contributed by atoms with Gasteiger partial charge >= 0.3 is 11.8 Å². The lowest BCUT2D eigenvalue weighted by Gasteiger charge is -2.14. The van der Waals surface area contributed by atoms with Crippen molar-refractivity contribution in [3.8, 4) is 23.0 Å². The molecule has 9 nitrogen and oxygen atoms in total. The number of hydrogen-bond donors (Lipinski definition) is 3. The number of pyridine rings is 1. The molecule has 3 aromatic carbocycles. The summed E-state index contributed by atoms with van der Waals surface area (Å²) in [5.41, 5.74) is 1.74. The molecule has 3 N–H and O–H groups in total. The molecular formula is C30H31FN4O5. The molecule has 10 heteroatoms. The third-order valence-corrected chi connectivity index (χ3v) is 5.93. The number of aromatic nitrogens is 1. The Labute approximate surface area is 231 Å². The van der Waals surface area contributed by atoms with E-state index in [0.29, 0.717) is 54.3 Å². The van der Waals surface area contributed by atoms with Gasteiger partial charge in [-0.15, -0.1) is 0 Å². The molecule has 0 saturated heterocycles. The van der Waals surface area contributed by atoms with Crippen LogP contribution in [0, 0.1) is 5.82 Å². The average Bonchev–Trinajstić information content (AvgIpc) is 2.97. The number of ether oxygens (including phenoxy) is 3. The maximum atomic E-state index is 14.9. The largest absolute Gasteiger partial charge is 0.493 e. The minimum absolute atomic E-state index is 0.0669. The maximum Gasteiger partial charge on any atom is 0.313 e. The van der Waals surface area contributed by atoms with Crippen molar-refractivity contribution < 1.29 is 28.2 Å². The Morgan fingerprint density at radius 2 is 1.73 bits per heavy atom. The van der Waals surface area contributed by atoms with Crippen LogP contribution in [0.5, 0.6) is 23.0 Å². The topological polar surface area (TPSA) is 111 Å². The molecule has 0 aliphatic heterocycles. The fraction of sp³-hybridized carbons (Fsp3) is 0.233. The molecular weight excluding hydrogens is 515 g/mol. The molecule has 4 aromatic rings. The van der Waals surface area contributed by atoms with E-state index in [2.05, 4.69) is 20.9 Å². The van der Waals surface area contributed by atoms with E-state index in [1.165, 1.54) is 19.2 Å². The summed E-state index contributed by atoms with van der Waals surface area (Å²) in [6.45, 7) is 4.29. The van der Waals surface area contributed by atoms with Crippen molar-refractivity contribution in [2.75, 3.05) is 38.7 Å². The lowest BCUT2D eigenvalue weighted by atomic mass is 10.1. The normalized spacial score (nSPS) is 10.7. The van der Waals surface area contributed by atoms with Gasteiger partial charge in [-0.05, 0) is 42.8 Å². The number of carbonyl (C=O) groups excluding carboxylic acids is 2. The minimum Gasteiger partial charge on any atom is -0.493 e. The van der Waals surface area contributed by atoms with Crippen molar-refractivity contribution in [3.05, 3.63) is 84.3 Å². The van der Waals surface area contributed by atoms with Crippen LogP contribution < -0.4 is 30.2 Å². The van der Waals surface area contributed by atoms with Gasteiger partial charge in [-0.1, -0.05) is 37.3 Å². The summed E-state index contributed by atoms with van der Waals surface area (Å²) in [6.07, 6.45) is 2.14. The second-order valence-corrected chi connectivity index (χ2v) is 8.72. The van der Waals surface area contributed by atoms with Gasteiger partial charge in [-0.2, -0.15) is 0 Å². The molecule has 0 radical (unpaired) electrons. The Hall–Kier alpha value is -4.70. The standard InChI is InChI=1S/C30H31FN4O5/c1-3-32-15-16-39-28-19-24-22(18-27(28)38-2)25(12-14-33-24)40-26-10-9-21(17-23(26)31)35-30(37)29(36)34-13-11-20-7-5-4-6-8-20/h4-10,12,14,17-19,32H,3,11,13,15-16H2,1-2H3,(H,34,36)(H,35,37). The molecule has 40 heavy (non-hydrogen) atoms. The number of fused-ring (bicyclic) bond motifs is 1. The number of benzene rings is 3. The first-order chi connectivity index (χ1) is 19.5. The number of methoxy groups -OCH3 is 1. The first-order valence-corrected chi connectivity index (χ1v) is 12.9. The first-order valence-electron chi connectivity index (χ1n) is 12.9. The zero-order valence-corrected chi connectivity index (χ0v) is 22.3. The number of anilines is 1. The van der Waals surface area contributed by atoms with Crippen molar-refractivity contribution in [1.29, 1.82) is 0 Å². The van der Waals surface area contributed by atoms with E-state index >= 15 is 0 Å². The quantitative estimate of drug-likeness (QED) is 0.178. The minimum atomic E-state index is -0.892. The molecule has 1 aromatic heterocycles. The summed E-state index contributed by atoms with van der Waals surface area (Å²) in [7, 11) is 1.53. The van der Waals surface area contributed by atoms with E-state index in [-0.39, 0.29) is 11.4 Å². The van der Waals surface area contributed by atoms with Crippen LogP contribution in [0.3, 0.4) is 0 Å². The highest BCUT2D eigenvalue weighted by atomic mass is 19.1.